The van der Waals surface area contributed by atoms with Gasteiger partial charge in [0.1, 0.15) is 0 Å². The lowest BCUT2D eigenvalue weighted by Crippen LogP contribution is -2.04. The average molecular weight is 246 g/mol. The molecule has 16 heavy (non-hydrogen) atoms. The summed E-state index contributed by atoms with van der Waals surface area (Å²) >= 11 is 0. The maximum absolute atomic E-state index is 13.0. The molecule has 0 fully saturated rings. The van der Waals surface area contributed by atoms with Gasteiger partial charge in [0, 0.05) is 6.07 Å². The number of nitrogens with one attached hydrogen (secondary N) is 1. The Kier molecular flexibility index (Phi) is 2.60. The van der Waals surface area contributed by atoms with Gasteiger partial charge in [0.25, 0.3) is 15.1 Å². The summed E-state index contributed by atoms with van der Waals surface area (Å²) in [6, 6.07) is 0.914. The van der Waals surface area contributed by atoms with E-state index in [1.54, 1.807) is 6.92 Å². The van der Waals surface area contributed by atoms with Crippen molar-refractivity contribution in [3.8, 4) is 6.01 Å². The summed E-state index contributed by atoms with van der Waals surface area (Å²) in [5.41, 5.74) is 0.0788. The zero-order valence-electron chi connectivity index (χ0n) is 8.14. The highest BCUT2D eigenvalue weighted by atomic mass is 32.2. The van der Waals surface area contributed by atoms with E-state index in [-0.39, 0.29) is 23.0 Å². The number of halogens is 1. The van der Waals surface area contributed by atoms with Crippen molar-refractivity contribution < 1.29 is 17.5 Å². The van der Waals surface area contributed by atoms with Gasteiger partial charge in [-0.15, -0.1) is 0 Å². The molecule has 2 aromatic heterocycles. The molecule has 0 aromatic carbocycles. The first-order chi connectivity index (χ1) is 7.61. The van der Waals surface area contributed by atoms with Crippen LogP contribution < -0.4 is 4.74 Å². The predicted octanol–water partition coefficient (Wildman–Crippen LogP) is 0.00629. The molecular formula is C7H7FN4O3S. The summed E-state index contributed by atoms with van der Waals surface area (Å²) in [7, 11) is -2.52. The lowest BCUT2D eigenvalue weighted by molar-refractivity contribution is 0.297. The first-order valence-electron chi connectivity index (χ1n) is 4.32. The number of aromatic amines is 1. The number of hydrogen-bond donors (Lipinski definition) is 1. The van der Waals surface area contributed by atoms with Gasteiger partial charge in [-0.1, -0.05) is 0 Å². The summed E-state index contributed by atoms with van der Waals surface area (Å²) in [4.78, 5) is 7.12. The van der Waals surface area contributed by atoms with Crippen LogP contribution in [0.2, 0.25) is 0 Å². The number of ether oxygens (including phenoxy) is 1. The Morgan fingerprint density at radius 1 is 1.56 bits per heavy atom. The van der Waals surface area contributed by atoms with E-state index in [1.165, 1.54) is 0 Å². The summed E-state index contributed by atoms with van der Waals surface area (Å²) in [5.74, 6) is -0.793. The van der Waals surface area contributed by atoms with E-state index >= 15 is 0 Å². The maximum atomic E-state index is 13.0. The maximum Gasteiger partial charge on any atom is 0.320 e. The molecule has 0 bridgehead atoms. The molecule has 2 heterocycles. The van der Waals surface area contributed by atoms with Crippen LogP contribution in [0.5, 0.6) is 6.01 Å². The van der Waals surface area contributed by atoms with Crippen LogP contribution in [0.25, 0.3) is 5.65 Å². The van der Waals surface area contributed by atoms with Crippen molar-refractivity contribution in [2.75, 3.05) is 6.61 Å². The Morgan fingerprint density at radius 2 is 2.31 bits per heavy atom. The number of nitrogens with zero attached hydrogens (tertiary/aromatic N) is 3. The molecule has 2 rings (SSSR count). The summed E-state index contributed by atoms with van der Waals surface area (Å²) in [6.45, 7) is 1.97. The Morgan fingerprint density at radius 3 is 2.94 bits per heavy atom. The second kappa shape index (κ2) is 3.93. The van der Waals surface area contributed by atoms with E-state index in [0.717, 1.165) is 10.6 Å². The third-order valence-corrected chi connectivity index (χ3v) is 2.22. The van der Waals surface area contributed by atoms with Crippen LogP contribution in [0, 0.1) is 10.7 Å². The minimum absolute atomic E-state index is 0.0788. The molecule has 0 radical (unpaired) electrons. The number of hydrogen-bond acceptors (Lipinski definition) is 5. The third-order valence-electron chi connectivity index (χ3n) is 1.73. The van der Waals surface area contributed by atoms with E-state index in [1.807, 2.05) is 0 Å². The standard InChI is InChI=1S/C7H7FN4O3S/c1-2-15-7-9-4(8)3-5-10-6(16(13)14)11-12(5)7/h3,11H,2H2,1H3. The Labute approximate surface area is 90.0 Å². The minimum atomic E-state index is -2.52. The normalized spacial score (nSPS) is 10.6. The first kappa shape index (κ1) is 10.6. The van der Waals surface area contributed by atoms with Crippen molar-refractivity contribution in [2.45, 2.75) is 6.92 Å². The highest BCUT2D eigenvalue weighted by Crippen LogP contribution is 2.10. The third kappa shape index (κ3) is 1.76. The molecule has 0 aliphatic carbocycles. The smallest absolute Gasteiger partial charge is 0.320 e. The Balaban J connectivity index is 2.86. The van der Waals surface area contributed by atoms with Crippen molar-refractivity contribution in [1.82, 2.24) is 19.6 Å². The average Bonchev–Trinajstić information content (AvgIpc) is 2.61. The van der Waals surface area contributed by atoms with Crippen molar-refractivity contribution >= 4 is 15.9 Å². The summed E-state index contributed by atoms with van der Waals surface area (Å²) in [5, 5.41) is 2.41. The first-order valence-corrected chi connectivity index (χ1v) is 5.39. The van der Waals surface area contributed by atoms with Crippen LogP contribution >= 0.6 is 0 Å². The van der Waals surface area contributed by atoms with Gasteiger partial charge in [-0.05, 0) is 6.92 Å². The molecule has 0 aliphatic rings. The van der Waals surface area contributed by atoms with Gasteiger partial charge in [-0.25, -0.2) is 0 Å². The summed E-state index contributed by atoms with van der Waals surface area (Å²) < 4.78 is 40.2. The quantitative estimate of drug-likeness (QED) is 0.595. The molecule has 86 valence electrons. The lowest BCUT2D eigenvalue weighted by Gasteiger charge is -2.03. The van der Waals surface area contributed by atoms with Gasteiger partial charge in [0.15, 0.2) is 5.65 Å². The van der Waals surface area contributed by atoms with Crippen molar-refractivity contribution in [3.05, 3.63) is 16.8 Å². The molecule has 0 atom stereocenters. The monoisotopic (exact) mass is 246 g/mol. The highest BCUT2D eigenvalue weighted by molar-refractivity contribution is 7.63. The molecule has 0 saturated carbocycles. The number of rotatable bonds is 2. The van der Waals surface area contributed by atoms with Gasteiger partial charge < -0.3 is 4.74 Å². The lowest BCUT2D eigenvalue weighted by atomic mass is 10.6. The van der Waals surface area contributed by atoms with Crippen molar-refractivity contribution in [2.24, 2.45) is 0 Å². The minimum Gasteiger partial charge on any atom is -0.464 e. The van der Waals surface area contributed by atoms with Crippen molar-refractivity contribution in [1.29, 1.82) is 0 Å². The van der Waals surface area contributed by atoms with Crippen LogP contribution in [0.15, 0.2) is 6.07 Å². The molecule has 2 aromatic rings. The van der Waals surface area contributed by atoms with Gasteiger partial charge in [0.2, 0.25) is 5.95 Å². The fourth-order valence-corrected chi connectivity index (χ4v) is 1.49. The SMILES string of the molecule is CCOc1nc(F)cc2nc(=S(=O)=O)[nH]n12. The molecule has 1 N–H and O–H groups in total. The number of fused-ring (bicyclic) bond motifs is 1. The van der Waals surface area contributed by atoms with E-state index in [4.69, 9.17) is 4.74 Å². The molecule has 9 heteroatoms. The Bertz CT molecular complexity index is 694. The van der Waals surface area contributed by atoms with Gasteiger partial charge >= 0.3 is 6.01 Å². The number of aromatic nitrogens is 4. The van der Waals surface area contributed by atoms with Crippen LogP contribution in [-0.4, -0.2) is 34.6 Å². The summed E-state index contributed by atoms with van der Waals surface area (Å²) in [6.07, 6.45) is 0. The van der Waals surface area contributed by atoms with Gasteiger partial charge in [0.05, 0.1) is 6.61 Å². The molecule has 7 nitrogen and oxygen atoms in total. The molecule has 0 saturated heterocycles. The van der Waals surface area contributed by atoms with Crippen LogP contribution in [0.3, 0.4) is 0 Å². The highest BCUT2D eigenvalue weighted by Gasteiger charge is 2.08. The fraction of sp³-hybridized carbons (Fsp3) is 0.286. The molecule has 0 unspecified atom stereocenters. The topological polar surface area (TPSA) is 89.3 Å². The van der Waals surface area contributed by atoms with Gasteiger partial charge in [-0.2, -0.15) is 27.3 Å². The van der Waals surface area contributed by atoms with Crippen molar-refractivity contribution in [3.63, 3.8) is 0 Å². The van der Waals surface area contributed by atoms with E-state index in [0.29, 0.717) is 0 Å². The second-order valence-electron chi connectivity index (χ2n) is 2.75. The second-order valence-corrected chi connectivity index (χ2v) is 3.61. The van der Waals surface area contributed by atoms with Crippen LogP contribution in [0.4, 0.5) is 4.39 Å². The molecular weight excluding hydrogens is 239 g/mol. The fourth-order valence-electron chi connectivity index (χ4n) is 1.16. The van der Waals surface area contributed by atoms with E-state index < -0.39 is 16.2 Å². The molecule has 0 aliphatic heterocycles. The zero-order chi connectivity index (χ0) is 11.7. The van der Waals surface area contributed by atoms with E-state index in [9.17, 15) is 12.8 Å². The zero-order valence-corrected chi connectivity index (χ0v) is 8.95. The molecule has 0 spiro atoms. The van der Waals surface area contributed by atoms with Crippen LogP contribution in [0.1, 0.15) is 6.92 Å². The largest absolute Gasteiger partial charge is 0.464 e. The number of H-pyrrole nitrogens is 1. The predicted molar refractivity (Wildman–Crippen MR) is 50.6 cm³/mol. The molecule has 0 amide bonds. The van der Waals surface area contributed by atoms with Gasteiger partial charge in [-0.3, -0.25) is 5.10 Å². The Hall–Kier alpha value is -1.90. The van der Waals surface area contributed by atoms with Crippen LogP contribution in [-0.2, 0) is 10.3 Å². The van der Waals surface area contributed by atoms with E-state index in [2.05, 4.69) is 15.1 Å².